The van der Waals surface area contributed by atoms with Gasteiger partial charge in [0.05, 0.1) is 0 Å². The number of benzene rings is 1. The molecular formula is C13H10N2S. The molecule has 3 rings (SSSR count). The van der Waals surface area contributed by atoms with E-state index < -0.39 is 0 Å². The largest absolute Gasteiger partial charge is 0.250 e. The Morgan fingerprint density at radius 3 is 2.88 bits per heavy atom. The molecule has 3 aromatic rings. The molecule has 0 spiro atoms. The Bertz CT molecular complexity index is 629. The van der Waals surface area contributed by atoms with E-state index in [2.05, 4.69) is 28.2 Å². The minimum Gasteiger partial charge on any atom is -0.250 e. The molecule has 3 heteroatoms. The first-order valence-corrected chi connectivity index (χ1v) is 5.99. The van der Waals surface area contributed by atoms with Gasteiger partial charge in [0.25, 0.3) is 0 Å². The molecule has 2 aromatic heterocycles. The van der Waals surface area contributed by atoms with Crippen molar-refractivity contribution in [3.05, 3.63) is 47.6 Å². The molecule has 0 fully saturated rings. The van der Waals surface area contributed by atoms with Gasteiger partial charge >= 0.3 is 0 Å². The molecule has 78 valence electrons. The number of pyridine rings is 1. The zero-order chi connectivity index (χ0) is 11.0. The predicted octanol–water partition coefficient (Wildman–Crippen LogP) is 3.67. The van der Waals surface area contributed by atoms with Crippen LogP contribution in [0.3, 0.4) is 0 Å². The molecule has 0 aliphatic rings. The van der Waals surface area contributed by atoms with Gasteiger partial charge in [0.2, 0.25) is 0 Å². The highest BCUT2D eigenvalue weighted by Gasteiger charge is 2.08. The molecule has 0 saturated carbocycles. The minimum absolute atomic E-state index is 0.986. The number of fused-ring (bicyclic) bond motifs is 1. The van der Waals surface area contributed by atoms with Crippen molar-refractivity contribution in [2.75, 3.05) is 0 Å². The van der Waals surface area contributed by atoms with Crippen LogP contribution in [0.1, 0.15) is 5.69 Å². The summed E-state index contributed by atoms with van der Waals surface area (Å²) in [5.41, 5.74) is 2.02. The maximum Gasteiger partial charge on any atom is 0.142 e. The molecule has 0 saturated heterocycles. The third-order valence-electron chi connectivity index (χ3n) is 2.50. The van der Waals surface area contributed by atoms with Gasteiger partial charge in [0.1, 0.15) is 10.7 Å². The third kappa shape index (κ3) is 1.49. The molecule has 0 radical (unpaired) electrons. The number of aryl methyl sites for hydroxylation is 1. The van der Waals surface area contributed by atoms with Crippen molar-refractivity contribution in [1.29, 1.82) is 0 Å². The van der Waals surface area contributed by atoms with Crippen molar-refractivity contribution in [3.8, 4) is 10.7 Å². The van der Waals surface area contributed by atoms with E-state index in [1.807, 2.05) is 30.6 Å². The van der Waals surface area contributed by atoms with Crippen LogP contribution in [0, 0.1) is 6.92 Å². The van der Waals surface area contributed by atoms with Crippen molar-refractivity contribution in [3.63, 3.8) is 0 Å². The van der Waals surface area contributed by atoms with E-state index in [9.17, 15) is 0 Å². The van der Waals surface area contributed by atoms with Crippen LogP contribution in [-0.2, 0) is 0 Å². The van der Waals surface area contributed by atoms with E-state index in [1.165, 1.54) is 10.8 Å². The first-order chi connectivity index (χ1) is 7.84. The summed E-state index contributed by atoms with van der Waals surface area (Å²) in [6.07, 6.45) is 1.82. The zero-order valence-corrected chi connectivity index (χ0v) is 9.66. The van der Waals surface area contributed by atoms with Crippen molar-refractivity contribution in [2.45, 2.75) is 6.92 Å². The first-order valence-electron chi connectivity index (χ1n) is 5.11. The lowest BCUT2D eigenvalue weighted by Crippen LogP contribution is -1.88. The van der Waals surface area contributed by atoms with Crippen LogP contribution in [0.25, 0.3) is 21.5 Å². The maximum absolute atomic E-state index is 4.59. The lowest BCUT2D eigenvalue weighted by atomic mass is 10.1. The predicted molar refractivity (Wildman–Crippen MR) is 67.6 cm³/mol. The van der Waals surface area contributed by atoms with Gasteiger partial charge in [-0.25, -0.2) is 9.97 Å². The first kappa shape index (κ1) is 9.48. The average molecular weight is 226 g/mol. The fourth-order valence-corrected chi connectivity index (χ4v) is 2.48. The van der Waals surface area contributed by atoms with Gasteiger partial charge in [-0.3, -0.25) is 0 Å². The standard InChI is InChI=1S/C13H10N2S/c1-9-8-10-4-2-3-5-11(10)12(15-9)13-14-6-7-16-13/h2-8H,1H3. The number of thiazole rings is 1. The smallest absolute Gasteiger partial charge is 0.142 e. The summed E-state index contributed by atoms with van der Waals surface area (Å²) in [5.74, 6) is 0. The van der Waals surface area contributed by atoms with Crippen LogP contribution in [0.5, 0.6) is 0 Å². The number of rotatable bonds is 1. The number of nitrogens with zero attached hydrogens (tertiary/aromatic N) is 2. The zero-order valence-electron chi connectivity index (χ0n) is 8.84. The summed E-state index contributed by atoms with van der Waals surface area (Å²) in [6.45, 7) is 2.02. The van der Waals surface area contributed by atoms with E-state index in [0.29, 0.717) is 0 Å². The van der Waals surface area contributed by atoms with Crippen molar-refractivity contribution in [2.24, 2.45) is 0 Å². The maximum atomic E-state index is 4.59. The summed E-state index contributed by atoms with van der Waals surface area (Å²) >= 11 is 1.63. The van der Waals surface area contributed by atoms with Gasteiger partial charge in [-0.2, -0.15) is 0 Å². The van der Waals surface area contributed by atoms with Gasteiger partial charge < -0.3 is 0 Å². The Labute approximate surface area is 97.6 Å². The molecule has 16 heavy (non-hydrogen) atoms. The molecule has 0 unspecified atom stereocenters. The van der Waals surface area contributed by atoms with Crippen LogP contribution in [0.2, 0.25) is 0 Å². The van der Waals surface area contributed by atoms with Crippen LogP contribution in [0.4, 0.5) is 0 Å². The highest BCUT2D eigenvalue weighted by Crippen LogP contribution is 2.28. The van der Waals surface area contributed by atoms with Crippen molar-refractivity contribution in [1.82, 2.24) is 9.97 Å². The van der Waals surface area contributed by atoms with E-state index >= 15 is 0 Å². The van der Waals surface area contributed by atoms with Crippen LogP contribution in [0.15, 0.2) is 41.9 Å². The van der Waals surface area contributed by atoms with Gasteiger partial charge in [-0.1, -0.05) is 24.3 Å². The Hall–Kier alpha value is -1.74. The van der Waals surface area contributed by atoms with Crippen LogP contribution >= 0.6 is 11.3 Å². The molecule has 1 aromatic carbocycles. The second-order valence-corrected chi connectivity index (χ2v) is 4.57. The van der Waals surface area contributed by atoms with E-state index in [4.69, 9.17) is 0 Å². The third-order valence-corrected chi connectivity index (χ3v) is 3.28. The Morgan fingerprint density at radius 1 is 1.19 bits per heavy atom. The van der Waals surface area contributed by atoms with Gasteiger partial charge in [-0.15, -0.1) is 11.3 Å². The van der Waals surface area contributed by atoms with Crippen LogP contribution in [-0.4, -0.2) is 9.97 Å². The molecule has 2 nitrogen and oxygen atoms in total. The Balaban J connectivity index is 2.39. The normalized spacial score (nSPS) is 10.8. The Morgan fingerprint density at radius 2 is 2.06 bits per heavy atom. The second kappa shape index (κ2) is 3.68. The molecule has 0 amide bonds. The Kier molecular flexibility index (Phi) is 2.18. The number of aromatic nitrogens is 2. The van der Waals surface area contributed by atoms with Crippen LogP contribution < -0.4 is 0 Å². The van der Waals surface area contributed by atoms with Crippen molar-refractivity contribution < 1.29 is 0 Å². The van der Waals surface area contributed by atoms with Gasteiger partial charge in [-0.05, 0) is 18.4 Å². The summed E-state index contributed by atoms with van der Waals surface area (Å²) in [4.78, 5) is 8.93. The summed E-state index contributed by atoms with van der Waals surface area (Å²) < 4.78 is 0. The molecule has 0 bridgehead atoms. The van der Waals surface area contributed by atoms with Crippen molar-refractivity contribution >= 4 is 22.1 Å². The fraction of sp³-hybridized carbons (Fsp3) is 0.0769. The molecule has 0 atom stereocenters. The topological polar surface area (TPSA) is 25.8 Å². The van der Waals surface area contributed by atoms with E-state index in [-0.39, 0.29) is 0 Å². The summed E-state index contributed by atoms with van der Waals surface area (Å²) in [5, 5.41) is 5.36. The number of hydrogen-bond acceptors (Lipinski definition) is 3. The molecule has 0 aliphatic carbocycles. The SMILES string of the molecule is Cc1cc2ccccc2c(-c2nccs2)n1. The quantitative estimate of drug-likeness (QED) is 0.632. The molecule has 0 aliphatic heterocycles. The molecule has 2 heterocycles. The van der Waals surface area contributed by atoms with Gasteiger partial charge in [0.15, 0.2) is 0 Å². The lowest BCUT2D eigenvalue weighted by molar-refractivity contribution is 1.22. The fourth-order valence-electron chi connectivity index (χ4n) is 1.84. The van der Waals surface area contributed by atoms with E-state index in [1.54, 1.807) is 11.3 Å². The lowest BCUT2D eigenvalue weighted by Gasteiger charge is -2.04. The minimum atomic E-state index is 0.986. The second-order valence-electron chi connectivity index (χ2n) is 3.67. The monoisotopic (exact) mass is 226 g/mol. The highest BCUT2D eigenvalue weighted by atomic mass is 32.1. The summed E-state index contributed by atoms with van der Waals surface area (Å²) in [6, 6.07) is 10.4. The average Bonchev–Trinajstić information content (AvgIpc) is 2.81. The molecular weight excluding hydrogens is 216 g/mol. The number of hydrogen-bond donors (Lipinski definition) is 0. The van der Waals surface area contributed by atoms with E-state index in [0.717, 1.165) is 16.4 Å². The molecule has 0 N–H and O–H groups in total. The summed E-state index contributed by atoms with van der Waals surface area (Å²) in [7, 11) is 0. The highest BCUT2D eigenvalue weighted by molar-refractivity contribution is 7.13. The van der Waals surface area contributed by atoms with Gasteiger partial charge in [0, 0.05) is 22.7 Å².